The number of allylic oxidation sites excluding steroid dienone is 2. The molecule has 12 rings (SSSR count). The van der Waals surface area contributed by atoms with Gasteiger partial charge >= 0.3 is 11.9 Å². The summed E-state index contributed by atoms with van der Waals surface area (Å²) in [6, 6.07) is 5.76. The van der Waals surface area contributed by atoms with Crippen molar-refractivity contribution in [1.82, 2.24) is 20.1 Å². The molecule has 0 radical (unpaired) electrons. The van der Waals surface area contributed by atoms with Crippen LogP contribution < -0.4 is 19.5 Å². The summed E-state index contributed by atoms with van der Waals surface area (Å²) in [5.41, 5.74) is 2.37. The van der Waals surface area contributed by atoms with Crippen LogP contribution in [0.25, 0.3) is 10.9 Å². The Labute approximate surface area is 327 Å². The van der Waals surface area contributed by atoms with E-state index in [0.29, 0.717) is 51.8 Å². The average molecular weight is 787 g/mol. The topological polar surface area (TPSA) is 175 Å². The van der Waals surface area contributed by atoms with Gasteiger partial charge in [-0.15, -0.1) is 11.8 Å². The summed E-state index contributed by atoms with van der Waals surface area (Å²) in [4.78, 5) is 35.8. The van der Waals surface area contributed by atoms with E-state index >= 15 is 0 Å². The lowest BCUT2D eigenvalue weighted by Gasteiger charge is -2.61. The number of hydrogen-bond donors (Lipinski definition) is 5. The Kier molecular flexibility index (Phi) is 8.14. The molecule has 0 amide bonds. The zero-order valence-electron chi connectivity index (χ0n) is 31.9. The lowest BCUT2D eigenvalue weighted by atomic mass is 9.73. The van der Waals surface area contributed by atoms with Crippen LogP contribution in [-0.2, 0) is 31.0 Å². The second kappa shape index (κ2) is 12.6. The standard InChI is InChI=1S/C41H46N4O10S/c1-18-10-21-12-40(50)15-44(4)30(27(21)32(48)33(18)51-5)31-37-29-28(36-35(53-17-54-36)19(2)34(29)55-20(3)47)26(45(31)40)14-52-39(49)41(16-56-37)38-24(11-22(13-46)43-41)23-8-6-7-9-25(23)42-38/h6-10,21-22,26-27,30-31,37,42-43,46,48,50H,11-17H2,1-5H3/t21?,22-,26?,27?,30-,31+,37+,40?,41+/m0/s1. The first-order valence-electron chi connectivity index (χ1n) is 19.2. The fourth-order valence-electron chi connectivity index (χ4n) is 11.4. The Hall–Kier alpha value is -4.25. The first-order valence-corrected chi connectivity index (χ1v) is 20.2. The molecule has 9 aliphatic rings. The summed E-state index contributed by atoms with van der Waals surface area (Å²) in [5.74, 6) is 0.205. The zero-order valence-corrected chi connectivity index (χ0v) is 32.7. The van der Waals surface area contributed by atoms with Crippen molar-refractivity contribution in [3.05, 3.63) is 75.4 Å². The first-order chi connectivity index (χ1) is 26.9. The number of hydrogen-bond acceptors (Lipinski definition) is 14. The molecule has 5 unspecified atom stereocenters. The lowest BCUT2D eigenvalue weighted by Crippen LogP contribution is -2.72. The van der Waals surface area contributed by atoms with E-state index in [4.69, 9.17) is 23.7 Å². The van der Waals surface area contributed by atoms with E-state index in [1.807, 2.05) is 45.2 Å². The van der Waals surface area contributed by atoms with E-state index in [1.165, 1.54) is 18.7 Å². The summed E-state index contributed by atoms with van der Waals surface area (Å²) in [6.07, 6.45) is 2.88. The lowest BCUT2D eigenvalue weighted by molar-refractivity contribution is -0.214. The number of aliphatic hydroxyl groups is 3. The minimum atomic E-state index is -1.46. The van der Waals surface area contributed by atoms with E-state index in [-0.39, 0.29) is 56.4 Å². The van der Waals surface area contributed by atoms with Crippen molar-refractivity contribution in [3.8, 4) is 17.2 Å². The Morgan fingerprint density at radius 3 is 2.68 bits per heavy atom. The number of methoxy groups -OCH3 is 1. The number of nitrogens with one attached hydrogen (secondary N) is 2. The Bertz CT molecular complexity index is 2270. The van der Waals surface area contributed by atoms with Crippen LogP contribution in [0.5, 0.6) is 17.2 Å². The number of aromatic nitrogens is 1. The molecule has 56 heavy (non-hydrogen) atoms. The number of benzene rings is 2. The SMILES string of the molecule is COC1=C(O)C2C(C=C1C)CC1(O)CN(C)[C@@H]2[C@@H]2[C@@H]3SC[C@]4(N[C@H](CO)Cc5c4[nH]c4ccccc54)C(=O)OCC(c4c5c(c(C)c(OC(C)=O)c43)OCO5)N21. The Morgan fingerprint density at radius 2 is 1.91 bits per heavy atom. The number of likely N-dealkylation sites (N-methyl/N-ethyl adjacent to an activating group) is 1. The molecular formula is C41H46N4O10S. The molecule has 9 heterocycles. The van der Waals surface area contributed by atoms with Crippen LogP contribution >= 0.6 is 11.8 Å². The quantitative estimate of drug-likeness (QED) is 0.192. The summed E-state index contributed by atoms with van der Waals surface area (Å²) < 4.78 is 30.8. The highest BCUT2D eigenvalue weighted by atomic mass is 32.2. The number of nitrogens with zero attached hydrogens (tertiary/aromatic N) is 2. The summed E-state index contributed by atoms with van der Waals surface area (Å²) in [6.45, 7) is 4.93. The van der Waals surface area contributed by atoms with Gasteiger partial charge in [0.25, 0.3) is 0 Å². The maximum Gasteiger partial charge on any atom is 0.333 e. The average Bonchev–Trinajstić information content (AvgIpc) is 3.76. The predicted molar refractivity (Wildman–Crippen MR) is 204 cm³/mol. The van der Waals surface area contributed by atoms with E-state index in [0.717, 1.165) is 22.0 Å². The maximum atomic E-state index is 15.0. The molecule has 4 bridgehead atoms. The summed E-state index contributed by atoms with van der Waals surface area (Å²) >= 11 is 1.50. The van der Waals surface area contributed by atoms with Crippen LogP contribution in [0.4, 0.5) is 0 Å². The normalized spacial score (nSPS) is 35.6. The number of aliphatic hydroxyl groups excluding tert-OH is 2. The molecule has 4 saturated heterocycles. The number of para-hydroxylation sites is 1. The molecule has 14 nitrogen and oxygen atoms in total. The van der Waals surface area contributed by atoms with Gasteiger partial charge in [0, 0.05) is 70.9 Å². The van der Waals surface area contributed by atoms with Crippen LogP contribution in [0.1, 0.15) is 59.5 Å². The van der Waals surface area contributed by atoms with Gasteiger partial charge in [0.2, 0.25) is 6.79 Å². The van der Waals surface area contributed by atoms with Crippen molar-refractivity contribution >= 4 is 34.6 Å². The summed E-state index contributed by atoms with van der Waals surface area (Å²) in [7, 11) is 3.53. The van der Waals surface area contributed by atoms with E-state index in [9.17, 15) is 24.9 Å². The Morgan fingerprint density at radius 1 is 1.12 bits per heavy atom. The van der Waals surface area contributed by atoms with Crippen molar-refractivity contribution in [1.29, 1.82) is 0 Å². The van der Waals surface area contributed by atoms with E-state index in [1.54, 1.807) is 7.11 Å². The number of H-pyrrole nitrogens is 1. The van der Waals surface area contributed by atoms with Gasteiger partial charge in [-0.2, -0.15) is 0 Å². The number of rotatable bonds is 3. The highest BCUT2D eigenvalue weighted by Gasteiger charge is 2.66. The molecule has 3 aromatic rings. The van der Waals surface area contributed by atoms with Crippen molar-refractivity contribution in [2.75, 3.05) is 46.5 Å². The predicted octanol–water partition coefficient (Wildman–Crippen LogP) is 3.60. The second-order valence-corrected chi connectivity index (χ2v) is 17.5. The fraction of sp³-hybridized carbons (Fsp3) is 0.512. The van der Waals surface area contributed by atoms with Gasteiger partial charge in [0.1, 0.15) is 23.8 Å². The van der Waals surface area contributed by atoms with E-state index in [2.05, 4.69) is 26.2 Å². The number of thioether (sulfide) groups is 1. The number of aromatic amines is 1. The molecule has 1 aromatic heterocycles. The maximum absolute atomic E-state index is 15.0. The minimum absolute atomic E-state index is 0.0546. The number of carbonyl (C=O) groups excluding carboxylic acids is 2. The number of esters is 2. The number of ether oxygens (including phenoxy) is 5. The third-order valence-electron chi connectivity index (χ3n) is 13.3. The van der Waals surface area contributed by atoms with Gasteiger partial charge in [-0.1, -0.05) is 24.3 Å². The van der Waals surface area contributed by atoms with Gasteiger partial charge < -0.3 is 44.0 Å². The number of piperazine rings is 1. The van der Waals surface area contributed by atoms with Crippen LogP contribution in [0.15, 0.2) is 47.4 Å². The summed E-state index contributed by atoms with van der Waals surface area (Å²) in [5, 5.41) is 39.9. The highest BCUT2D eigenvalue weighted by Crippen LogP contribution is 2.64. The van der Waals surface area contributed by atoms with Gasteiger partial charge in [0.05, 0.1) is 30.7 Å². The van der Waals surface area contributed by atoms with Gasteiger partial charge in [-0.25, -0.2) is 4.79 Å². The zero-order chi connectivity index (χ0) is 39.0. The molecule has 15 heteroatoms. The van der Waals surface area contributed by atoms with Gasteiger partial charge in [0.15, 0.2) is 22.8 Å². The molecule has 5 N–H and O–H groups in total. The van der Waals surface area contributed by atoms with Crippen molar-refractivity contribution < 1.29 is 48.6 Å². The molecule has 10 atom stereocenters. The molecule has 8 aliphatic heterocycles. The van der Waals surface area contributed by atoms with Gasteiger partial charge in [-0.3, -0.25) is 19.9 Å². The molecule has 296 valence electrons. The van der Waals surface area contributed by atoms with Crippen LogP contribution in [-0.4, -0.2) is 112 Å². The van der Waals surface area contributed by atoms with E-state index < -0.39 is 52.5 Å². The number of carbonyl (C=O) groups is 2. The first kappa shape index (κ1) is 36.1. The van der Waals surface area contributed by atoms with Crippen molar-refractivity contribution in [2.24, 2.45) is 11.8 Å². The minimum Gasteiger partial charge on any atom is -0.508 e. The Balaban J connectivity index is 1.24. The van der Waals surface area contributed by atoms with Crippen molar-refractivity contribution in [3.63, 3.8) is 0 Å². The van der Waals surface area contributed by atoms with Crippen LogP contribution in [0.2, 0.25) is 0 Å². The fourth-order valence-corrected chi connectivity index (χ4v) is 13.0. The molecule has 4 fully saturated rings. The largest absolute Gasteiger partial charge is 0.508 e. The molecule has 0 saturated carbocycles. The second-order valence-electron chi connectivity index (χ2n) is 16.4. The molecule has 1 aliphatic carbocycles. The smallest absolute Gasteiger partial charge is 0.333 e. The van der Waals surface area contributed by atoms with Crippen LogP contribution in [0.3, 0.4) is 0 Å². The molecular weight excluding hydrogens is 741 g/mol. The van der Waals surface area contributed by atoms with Gasteiger partial charge in [-0.05, 0) is 56.9 Å². The molecule has 2 aromatic carbocycles. The molecule has 1 spiro atoms. The highest BCUT2D eigenvalue weighted by molar-refractivity contribution is 7.99. The van der Waals surface area contributed by atoms with Crippen molar-refractivity contribution in [2.45, 2.75) is 74.3 Å². The third kappa shape index (κ3) is 4.81. The number of fused-ring (bicyclic) bond motifs is 8. The third-order valence-corrected chi connectivity index (χ3v) is 14.7. The monoisotopic (exact) mass is 786 g/mol. The van der Waals surface area contributed by atoms with Crippen LogP contribution in [0, 0.1) is 18.8 Å².